The van der Waals surface area contributed by atoms with Crippen LogP contribution >= 0.6 is 0 Å². The molecule has 16 heavy (non-hydrogen) atoms. The predicted molar refractivity (Wildman–Crippen MR) is 59.1 cm³/mol. The number of aromatic nitrogens is 2. The predicted octanol–water partition coefficient (Wildman–Crippen LogP) is 1.46. The molecule has 1 aromatic heterocycles. The average Bonchev–Trinajstić information content (AvgIpc) is 2.79. The van der Waals surface area contributed by atoms with Crippen molar-refractivity contribution in [2.24, 2.45) is 0 Å². The van der Waals surface area contributed by atoms with Crippen molar-refractivity contribution < 1.29 is 9.15 Å². The number of rotatable bonds is 5. The Kier molecular flexibility index (Phi) is 4.30. The lowest BCUT2D eigenvalue weighted by molar-refractivity contribution is 0.0791. The van der Waals surface area contributed by atoms with E-state index in [1.807, 2.05) is 0 Å². The van der Waals surface area contributed by atoms with Crippen LogP contribution in [0.4, 0.5) is 0 Å². The van der Waals surface area contributed by atoms with Crippen LogP contribution in [0.2, 0.25) is 0 Å². The van der Waals surface area contributed by atoms with E-state index in [-0.39, 0.29) is 0 Å². The van der Waals surface area contributed by atoms with Gasteiger partial charge in [-0.2, -0.15) is 0 Å². The van der Waals surface area contributed by atoms with E-state index in [9.17, 15) is 0 Å². The molecule has 5 nitrogen and oxygen atoms in total. The molecule has 0 atom stereocenters. The van der Waals surface area contributed by atoms with Crippen molar-refractivity contribution in [3.8, 4) is 0 Å². The van der Waals surface area contributed by atoms with Crippen LogP contribution in [0.1, 0.15) is 43.9 Å². The zero-order valence-electron chi connectivity index (χ0n) is 9.74. The maximum Gasteiger partial charge on any atom is 0.230 e. The summed E-state index contributed by atoms with van der Waals surface area (Å²) in [6.07, 6.45) is 3.09. The molecule has 90 valence electrons. The number of nitrogens with zero attached hydrogens (tertiary/aromatic N) is 2. The molecule has 0 unspecified atom stereocenters. The van der Waals surface area contributed by atoms with E-state index in [1.54, 1.807) is 0 Å². The van der Waals surface area contributed by atoms with Crippen LogP contribution in [-0.2, 0) is 11.3 Å². The van der Waals surface area contributed by atoms with Crippen LogP contribution in [0.25, 0.3) is 0 Å². The van der Waals surface area contributed by atoms with Gasteiger partial charge in [0.15, 0.2) is 0 Å². The van der Waals surface area contributed by atoms with Gasteiger partial charge >= 0.3 is 0 Å². The molecule has 5 heteroatoms. The lowest BCUT2D eigenvalue weighted by Crippen LogP contribution is -2.14. The largest absolute Gasteiger partial charge is 0.424 e. The van der Waals surface area contributed by atoms with Gasteiger partial charge in [0.2, 0.25) is 11.8 Å². The van der Waals surface area contributed by atoms with Crippen LogP contribution < -0.4 is 5.32 Å². The molecule has 0 aromatic carbocycles. The van der Waals surface area contributed by atoms with Crippen LogP contribution in [0.5, 0.6) is 0 Å². The van der Waals surface area contributed by atoms with Crippen LogP contribution in [-0.4, -0.2) is 30.0 Å². The van der Waals surface area contributed by atoms with Gasteiger partial charge in [-0.1, -0.05) is 6.92 Å². The van der Waals surface area contributed by atoms with Crippen molar-refractivity contribution in [2.45, 2.75) is 38.6 Å². The summed E-state index contributed by atoms with van der Waals surface area (Å²) in [7, 11) is 0. The van der Waals surface area contributed by atoms with Crippen molar-refractivity contribution in [2.75, 3.05) is 19.8 Å². The Morgan fingerprint density at radius 2 is 2.12 bits per heavy atom. The smallest absolute Gasteiger partial charge is 0.230 e. The number of hydrogen-bond acceptors (Lipinski definition) is 5. The summed E-state index contributed by atoms with van der Waals surface area (Å²) < 4.78 is 10.9. The summed E-state index contributed by atoms with van der Waals surface area (Å²) in [6.45, 7) is 5.39. The zero-order valence-corrected chi connectivity index (χ0v) is 9.74. The highest BCUT2D eigenvalue weighted by Crippen LogP contribution is 2.25. The fraction of sp³-hybridized carbons (Fsp3) is 0.818. The molecule has 0 radical (unpaired) electrons. The minimum absolute atomic E-state index is 0.390. The first kappa shape index (κ1) is 11.5. The third-order valence-electron chi connectivity index (χ3n) is 2.76. The first-order valence-electron chi connectivity index (χ1n) is 6.01. The summed E-state index contributed by atoms with van der Waals surface area (Å²) in [5, 5.41) is 11.4. The van der Waals surface area contributed by atoms with Crippen LogP contribution in [0.15, 0.2) is 4.42 Å². The van der Waals surface area contributed by atoms with Gasteiger partial charge in [-0.25, -0.2) is 0 Å². The molecule has 0 spiro atoms. The average molecular weight is 225 g/mol. The van der Waals surface area contributed by atoms with E-state index in [4.69, 9.17) is 9.15 Å². The highest BCUT2D eigenvalue weighted by Gasteiger charge is 2.21. The third-order valence-corrected chi connectivity index (χ3v) is 2.76. The maximum atomic E-state index is 5.63. The Bertz CT molecular complexity index is 308. The van der Waals surface area contributed by atoms with Crippen molar-refractivity contribution in [1.29, 1.82) is 0 Å². The first-order valence-corrected chi connectivity index (χ1v) is 6.01. The van der Waals surface area contributed by atoms with E-state index in [0.717, 1.165) is 44.9 Å². The third kappa shape index (κ3) is 3.02. The van der Waals surface area contributed by atoms with Gasteiger partial charge in [0, 0.05) is 19.1 Å². The molecule has 0 amide bonds. The Hall–Kier alpha value is -0.940. The molecule has 0 bridgehead atoms. The van der Waals surface area contributed by atoms with Gasteiger partial charge in [0.25, 0.3) is 0 Å². The summed E-state index contributed by atoms with van der Waals surface area (Å²) in [6, 6.07) is 0. The minimum atomic E-state index is 0.390. The number of hydrogen-bond donors (Lipinski definition) is 1. The summed E-state index contributed by atoms with van der Waals surface area (Å²) in [4.78, 5) is 0. The van der Waals surface area contributed by atoms with E-state index in [1.165, 1.54) is 0 Å². The first-order chi connectivity index (χ1) is 7.90. The van der Waals surface area contributed by atoms with Gasteiger partial charge in [-0.3, -0.25) is 0 Å². The monoisotopic (exact) mass is 225 g/mol. The summed E-state index contributed by atoms with van der Waals surface area (Å²) in [5.74, 6) is 1.85. The van der Waals surface area contributed by atoms with Crippen LogP contribution in [0.3, 0.4) is 0 Å². The molecule has 0 saturated carbocycles. The molecule has 2 heterocycles. The second-order valence-electron chi connectivity index (χ2n) is 4.10. The Labute approximate surface area is 95.6 Å². The van der Waals surface area contributed by atoms with Crippen LogP contribution in [0, 0.1) is 0 Å². The molecule has 1 aromatic rings. The van der Waals surface area contributed by atoms with Crippen molar-refractivity contribution >= 4 is 0 Å². The van der Waals surface area contributed by atoms with E-state index in [2.05, 4.69) is 22.4 Å². The van der Waals surface area contributed by atoms with Crippen molar-refractivity contribution in [1.82, 2.24) is 15.5 Å². The Morgan fingerprint density at radius 3 is 2.88 bits per heavy atom. The maximum absolute atomic E-state index is 5.63. The van der Waals surface area contributed by atoms with Crippen molar-refractivity contribution in [3.63, 3.8) is 0 Å². The van der Waals surface area contributed by atoms with Gasteiger partial charge in [-0.05, 0) is 25.8 Å². The zero-order chi connectivity index (χ0) is 11.2. The molecule has 2 rings (SSSR count). The molecule has 1 fully saturated rings. The topological polar surface area (TPSA) is 60.2 Å². The molecule has 1 aliphatic rings. The van der Waals surface area contributed by atoms with E-state index < -0.39 is 0 Å². The Balaban J connectivity index is 1.85. The summed E-state index contributed by atoms with van der Waals surface area (Å²) >= 11 is 0. The lowest BCUT2D eigenvalue weighted by Gasteiger charge is -2.18. The van der Waals surface area contributed by atoms with Gasteiger partial charge < -0.3 is 14.5 Å². The molecular weight excluding hydrogens is 206 g/mol. The minimum Gasteiger partial charge on any atom is -0.424 e. The highest BCUT2D eigenvalue weighted by molar-refractivity contribution is 4.92. The molecule has 1 saturated heterocycles. The lowest BCUT2D eigenvalue weighted by atomic mass is 10.0. The fourth-order valence-corrected chi connectivity index (χ4v) is 1.82. The fourth-order valence-electron chi connectivity index (χ4n) is 1.82. The molecular formula is C11H19N3O2. The highest BCUT2D eigenvalue weighted by atomic mass is 16.5. The molecule has 0 aliphatic carbocycles. The second kappa shape index (κ2) is 5.96. The second-order valence-corrected chi connectivity index (χ2v) is 4.10. The normalized spacial score (nSPS) is 17.8. The SMILES string of the molecule is CCCNCc1nnc(C2CCOCC2)o1. The van der Waals surface area contributed by atoms with Gasteiger partial charge in [-0.15, -0.1) is 10.2 Å². The van der Waals surface area contributed by atoms with Gasteiger partial charge in [0.1, 0.15) is 0 Å². The molecule has 1 N–H and O–H groups in total. The standard InChI is InChI=1S/C11H19N3O2/c1-2-5-12-8-10-13-14-11(16-10)9-3-6-15-7-4-9/h9,12H,2-8H2,1H3. The summed E-state index contributed by atoms with van der Waals surface area (Å²) in [5.41, 5.74) is 0. The Morgan fingerprint density at radius 1 is 1.31 bits per heavy atom. The van der Waals surface area contributed by atoms with Gasteiger partial charge in [0.05, 0.1) is 6.54 Å². The quantitative estimate of drug-likeness (QED) is 0.769. The van der Waals surface area contributed by atoms with E-state index >= 15 is 0 Å². The molecule has 1 aliphatic heterocycles. The number of ether oxygens (including phenoxy) is 1. The van der Waals surface area contributed by atoms with E-state index in [0.29, 0.717) is 18.4 Å². The number of nitrogens with one attached hydrogen (secondary N) is 1. The van der Waals surface area contributed by atoms with Crippen molar-refractivity contribution in [3.05, 3.63) is 11.8 Å².